The molecule has 0 heterocycles. The fourth-order valence-electron chi connectivity index (χ4n) is 2.72. The lowest BCUT2D eigenvalue weighted by Crippen LogP contribution is -2.34. The first-order chi connectivity index (χ1) is 8.16. The molecule has 2 N–H and O–H groups in total. The van der Waals surface area contributed by atoms with Gasteiger partial charge in [-0.3, -0.25) is 0 Å². The van der Waals surface area contributed by atoms with Crippen molar-refractivity contribution in [3.05, 3.63) is 29.8 Å². The smallest absolute Gasteiger partial charge is 0.0361 e. The molecule has 0 aliphatic heterocycles. The van der Waals surface area contributed by atoms with E-state index in [9.17, 15) is 0 Å². The minimum Gasteiger partial charge on any atom is -0.378 e. The second-order valence-electron chi connectivity index (χ2n) is 5.47. The van der Waals surface area contributed by atoms with Crippen LogP contribution < -0.4 is 10.6 Å². The zero-order valence-corrected chi connectivity index (χ0v) is 11.0. The summed E-state index contributed by atoms with van der Waals surface area (Å²) < 4.78 is 0. The van der Waals surface area contributed by atoms with Gasteiger partial charge in [0, 0.05) is 25.8 Å². The van der Waals surface area contributed by atoms with Crippen molar-refractivity contribution in [3.63, 3.8) is 0 Å². The number of rotatable bonds is 3. The predicted octanol–water partition coefficient (Wildman–Crippen LogP) is 2.81. The minimum absolute atomic E-state index is 0.414. The van der Waals surface area contributed by atoms with E-state index in [-0.39, 0.29) is 0 Å². The maximum atomic E-state index is 6.20. The Bertz CT molecular complexity index is 342. The highest BCUT2D eigenvalue weighted by molar-refractivity contribution is 5.46. The van der Waals surface area contributed by atoms with Crippen LogP contribution in [0.4, 0.5) is 5.69 Å². The zero-order chi connectivity index (χ0) is 12.3. The Kier molecular flexibility index (Phi) is 4.06. The zero-order valence-electron chi connectivity index (χ0n) is 11.0. The highest BCUT2D eigenvalue weighted by Gasteiger charge is 2.21. The molecule has 2 unspecified atom stereocenters. The van der Waals surface area contributed by atoms with Crippen molar-refractivity contribution < 1.29 is 0 Å². The van der Waals surface area contributed by atoms with E-state index in [1.54, 1.807) is 0 Å². The lowest BCUT2D eigenvalue weighted by atomic mass is 9.81. The fraction of sp³-hybridized carbons (Fsp3) is 0.600. The van der Waals surface area contributed by atoms with Crippen LogP contribution in [0.5, 0.6) is 0 Å². The van der Waals surface area contributed by atoms with E-state index in [4.69, 9.17) is 5.73 Å². The van der Waals surface area contributed by atoms with E-state index in [1.807, 2.05) is 0 Å². The van der Waals surface area contributed by atoms with Gasteiger partial charge in [0.2, 0.25) is 0 Å². The van der Waals surface area contributed by atoms with Crippen LogP contribution in [0.25, 0.3) is 0 Å². The van der Waals surface area contributed by atoms with Crippen molar-refractivity contribution in [2.75, 3.05) is 19.0 Å². The van der Waals surface area contributed by atoms with Crippen molar-refractivity contribution in [1.29, 1.82) is 0 Å². The van der Waals surface area contributed by atoms with Gasteiger partial charge in [0.25, 0.3) is 0 Å². The molecule has 0 saturated heterocycles. The summed E-state index contributed by atoms with van der Waals surface area (Å²) >= 11 is 0. The molecule has 1 aromatic rings. The van der Waals surface area contributed by atoms with Crippen molar-refractivity contribution >= 4 is 5.69 Å². The Morgan fingerprint density at radius 3 is 2.35 bits per heavy atom. The molecule has 2 nitrogen and oxygen atoms in total. The molecular formula is C15H24N2. The summed E-state index contributed by atoms with van der Waals surface area (Å²) in [5, 5.41) is 0. The average molecular weight is 232 g/mol. The van der Waals surface area contributed by atoms with Crippen LogP contribution in [0.1, 0.15) is 31.2 Å². The molecule has 1 fully saturated rings. The third-order valence-electron chi connectivity index (χ3n) is 3.92. The Labute approximate surface area is 105 Å². The van der Waals surface area contributed by atoms with Gasteiger partial charge in [-0.2, -0.15) is 0 Å². The van der Waals surface area contributed by atoms with Crippen LogP contribution >= 0.6 is 0 Å². The quantitative estimate of drug-likeness (QED) is 0.868. The third-order valence-corrected chi connectivity index (χ3v) is 3.92. The summed E-state index contributed by atoms with van der Waals surface area (Å²) in [6, 6.07) is 9.30. The second kappa shape index (κ2) is 5.54. The van der Waals surface area contributed by atoms with Crippen LogP contribution in [0.3, 0.4) is 0 Å². The molecule has 17 heavy (non-hydrogen) atoms. The van der Waals surface area contributed by atoms with Crippen molar-refractivity contribution in [3.8, 4) is 0 Å². The Morgan fingerprint density at radius 1 is 1.12 bits per heavy atom. The third kappa shape index (κ3) is 3.22. The first-order valence-corrected chi connectivity index (χ1v) is 6.68. The maximum absolute atomic E-state index is 6.20. The van der Waals surface area contributed by atoms with Gasteiger partial charge in [0.1, 0.15) is 0 Å². The van der Waals surface area contributed by atoms with Crippen molar-refractivity contribution in [2.24, 2.45) is 11.7 Å². The maximum Gasteiger partial charge on any atom is 0.0361 e. The second-order valence-corrected chi connectivity index (χ2v) is 5.47. The van der Waals surface area contributed by atoms with Crippen LogP contribution in [-0.2, 0) is 6.42 Å². The number of hydrogen-bond acceptors (Lipinski definition) is 2. The largest absolute Gasteiger partial charge is 0.378 e. The number of anilines is 1. The molecule has 0 radical (unpaired) electrons. The lowest BCUT2D eigenvalue weighted by molar-refractivity contribution is 0.306. The van der Waals surface area contributed by atoms with E-state index in [2.05, 4.69) is 43.3 Å². The molecule has 1 saturated carbocycles. The molecule has 94 valence electrons. The summed E-state index contributed by atoms with van der Waals surface area (Å²) in [5.74, 6) is 0.689. The van der Waals surface area contributed by atoms with E-state index in [1.165, 1.54) is 36.9 Å². The van der Waals surface area contributed by atoms with Gasteiger partial charge >= 0.3 is 0 Å². The molecule has 0 spiro atoms. The molecule has 0 amide bonds. The Hall–Kier alpha value is -1.02. The molecular weight excluding hydrogens is 208 g/mol. The summed E-state index contributed by atoms with van der Waals surface area (Å²) in [4.78, 5) is 2.14. The van der Waals surface area contributed by atoms with E-state index in [0.29, 0.717) is 12.0 Å². The Balaban J connectivity index is 1.98. The summed E-state index contributed by atoms with van der Waals surface area (Å²) in [6.07, 6.45) is 6.33. The monoisotopic (exact) mass is 232 g/mol. The normalized spacial score (nSPS) is 24.6. The average Bonchev–Trinajstić information content (AvgIpc) is 2.33. The van der Waals surface area contributed by atoms with Crippen LogP contribution in [0, 0.1) is 5.92 Å². The standard InChI is InChI=1S/C15H24N2/c1-17(2)14-9-7-12(8-10-14)11-13-5-3-4-6-15(13)16/h7-10,13,15H,3-6,11,16H2,1-2H3. The fourth-order valence-corrected chi connectivity index (χ4v) is 2.72. The van der Waals surface area contributed by atoms with Crippen LogP contribution in [-0.4, -0.2) is 20.1 Å². The first-order valence-electron chi connectivity index (χ1n) is 6.68. The van der Waals surface area contributed by atoms with Crippen LogP contribution in [0.15, 0.2) is 24.3 Å². The van der Waals surface area contributed by atoms with Crippen molar-refractivity contribution in [1.82, 2.24) is 0 Å². The lowest BCUT2D eigenvalue weighted by Gasteiger charge is -2.28. The molecule has 0 bridgehead atoms. The van der Waals surface area contributed by atoms with Gasteiger partial charge in [0.05, 0.1) is 0 Å². The molecule has 2 rings (SSSR count). The molecule has 1 aliphatic carbocycles. The molecule has 1 aliphatic rings. The van der Waals surface area contributed by atoms with Crippen LogP contribution in [0.2, 0.25) is 0 Å². The first kappa shape index (κ1) is 12.4. The molecule has 1 aromatic carbocycles. The van der Waals surface area contributed by atoms with Crippen molar-refractivity contribution in [2.45, 2.75) is 38.1 Å². The number of nitrogens with zero attached hydrogens (tertiary/aromatic N) is 1. The topological polar surface area (TPSA) is 29.3 Å². The van der Waals surface area contributed by atoms with E-state index < -0.39 is 0 Å². The van der Waals surface area contributed by atoms with Gasteiger partial charge in [-0.1, -0.05) is 25.0 Å². The predicted molar refractivity (Wildman–Crippen MR) is 74.4 cm³/mol. The Morgan fingerprint density at radius 2 is 1.76 bits per heavy atom. The summed E-state index contributed by atoms with van der Waals surface area (Å²) in [7, 11) is 4.15. The highest BCUT2D eigenvalue weighted by atomic mass is 15.1. The van der Waals surface area contributed by atoms with Gasteiger partial charge < -0.3 is 10.6 Å². The van der Waals surface area contributed by atoms with Gasteiger partial charge in [0.15, 0.2) is 0 Å². The number of benzene rings is 1. The summed E-state index contributed by atoms with van der Waals surface area (Å²) in [6.45, 7) is 0. The molecule has 0 aromatic heterocycles. The molecule has 2 heteroatoms. The summed E-state index contributed by atoms with van der Waals surface area (Å²) in [5.41, 5.74) is 8.89. The minimum atomic E-state index is 0.414. The van der Waals surface area contributed by atoms with E-state index >= 15 is 0 Å². The molecule has 2 atom stereocenters. The number of nitrogens with two attached hydrogens (primary N) is 1. The van der Waals surface area contributed by atoms with Gasteiger partial charge in [-0.25, -0.2) is 0 Å². The SMILES string of the molecule is CN(C)c1ccc(CC2CCCCC2N)cc1. The van der Waals surface area contributed by atoms with E-state index in [0.717, 1.165) is 6.42 Å². The van der Waals surface area contributed by atoms with Gasteiger partial charge in [-0.15, -0.1) is 0 Å². The van der Waals surface area contributed by atoms with Gasteiger partial charge in [-0.05, 0) is 42.9 Å². The number of hydrogen-bond donors (Lipinski definition) is 1. The highest BCUT2D eigenvalue weighted by Crippen LogP contribution is 2.26.